The van der Waals surface area contributed by atoms with E-state index >= 15 is 0 Å². The third kappa shape index (κ3) is 5.48. The predicted octanol–water partition coefficient (Wildman–Crippen LogP) is 2.90. The number of rotatable bonds is 5. The number of halogens is 3. The zero-order chi connectivity index (χ0) is 15.3. The van der Waals surface area contributed by atoms with Crippen molar-refractivity contribution in [3.63, 3.8) is 0 Å². The van der Waals surface area contributed by atoms with Crippen LogP contribution in [-0.4, -0.2) is 18.3 Å². The Morgan fingerprint density at radius 1 is 1.35 bits per heavy atom. The molecule has 0 bridgehead atoms. The lowest BCUT2D eigenvalue weighted by Gasteiger charge is -2.17. The molecule has 1 atom stereocenters. The first-order valence-electron chi connectivity index (χ1n) is 6.10. The first kappa shape index (κ1) is 16.3. The molecular formula is C13H17F3N2O2. The Morgan fingerprint density at radius 3 is 2.50 bits per heavy atom. The molecule has 1 aromatic carbocycles. The molecule has 1 rings (SSSR count). The molecule has 1 aromatic rings. The van der Waals surface area contributed by atoms with E-state index in [0.717, 1.165) is 6.07 Å². The van der Waals surface area contributed by atoms with Crippen LogP contribution in [0.4, 0.5) is 18.9 Å². The van der Waals surface area contributed by atoms with Gasteiger partial charge in [0.05, 0.1) is 11.7 Å². The van der Waals surface area contributed by atoms with Gasteiger partial charge in [0.2, 0.25) is 5.91 Å². The molecule has 4 nitrogen and oxygen atoms in total. The van der Waals surface area contributed by atoms with Crippen LogP contribution >= 0.6 is 0 Å². The van der Waals surface area contributed by atoms with Gasteiger partial charge in [-0.25, -0.2) is 0 Å². The summed E-state index contributed by atoms with van der Waals surface area (Å²) < 4.78 is 40.5. The maximum atomic E-state index is 12.2. The van der Waals surface area contributed by atoms with Crippen LogP contribution in [0, 0.1) is 5.92 Å². The minimum Gasteiger partial charge on any atom is -0.404 e. The highest BCUT2D eigenvalue weighted by Gasteiger charge is 2.32. The van der Waals surface area contributed by atoms with Crippen molar-refractivity contribution in [1.82, 2.24) is 0 Å². The summed E-state index contributed by atoms with van der Waals surface area (Å²) in [5, 5.41) is 2.35. The van der Waals surface area contributed by atoms with E-state index in [1.807, 2.05) is 13.8 Å². The van der Waals surface area contributed by atoms with Crippen molar-refractivity contribution in [1.29, 1.82) is 0 Å². The van der Waals surface area contributed by atoms with Gasteiger partial charge in [-0.1, -0.05) is 26.0 Å². The summed E-state index contributed by atoms with van der Waals surface area (Å²) in [7, 11) is 0. The fourth-order valence-electron chi connectivity index (χ4n) is 1.62. The van der Waals surface area contributed by atoms with Crippen molar-refractivity contribution in [2.45, 2.75) is 32.7 Å². The molecule has 0 unspecified atom stereocenters. The number of hydrogen-bond acceptors (Lipinski definition) is 3. The fourth-order valence-corrected chi connectivity index (χ4v) is 1.62. The second-order valence-corrected chi connectivity index (χ2v) is 4.77. The van der Waals surface area contributed by atoms with Crippen molar-refractivity contribution in [3.8, 4) is 5.75 Å². The van der Waals surface area contributed by atoms with E-state index in [1.54, 1.807) is 0 Å². The maximum Gasteiger partial charge on any atom is 0.573 e. The molecule has 0 saturated heterocycles. The van der Waals surface area contributed by atoms with Gasteiger partial charge in [0.1, 0.15) is 0 Å². The van der Waals surface area contributed by atoms with Crippen LogP contribution in [-0.2, 0) is 4.79 Å². The molecule has 0 aliphatic heterocycles. The summed E-state index contributed by atoms with van der Waals surface area (Å²) in [6.45, 7) is 3.79. The van der Waals surface area contributed by atoms with E-state index in [4.69, 9.17) is 5.73 Å². The highest BCUT2D eigenvalue weighted by atomic mass is 19.4. The minimum atomic E-state index is -4.82. The highest BCUT2D eigenvalue weighted by Crippen LogP contribution is 2.30. The van der Waals surface area contributed by atoms with Crippen LogP contribution in [0.5, 0.6) is 5.75 Å². The lowest BCUT2D eigenvalue weighted by atomic mass is 10.0. The van der Waals surface area contributed by atoms with Gasteiger partial charge in [0.15, 0.2) is 5.75 Å². The smallest absolute Gasteiger partial charge is 0.404 e. The number of carbonyl (C=O) groups is 1. The maximum absolute atomic E-state index is 12.2. The molecule has 20 heavy (non-hydrogen) atoms. The number of nitrogens with one attached hydrogen (secondary N) is 1. The number of amides is 1. The molecule has 1 amide bonds. The Bertz CT molecular complexity index is 461. The van der Waals surface area contributed by atoms with Gasteiger partial charge >= 0.3 is 6.36 Å². The monoisotopic (exact) mass is 290 g/mol. The topological polar surface area (TPSA) is 64.4 Å². The Kier molecular flexibility index (Phi) is 5.38. The van der Waals surface area contributed by atoms with E-state index in [-0.39, 0.29) is 11.6 Å². The zero-order valence-electron chi connectivity index (χ0n) is 11.2. The summed E-state index contributed by atoms with van der Waals surface area (Å²) in [4.78, 5) is 11.8. The number of ether oxygens (including phenoxy) is 1. The Balaban J connectivity index is 2.79. The summed E-state index contributed by atoms with van der Waals surface area (Å²) in [6, 6.07) is 4.53. The second kappa shape index (κ2) is 6.60. The van der Waals surface area contributed by atoms with Crippen LogP contribution in [0.15, 0.2) is 24.3 Å². The number of hydrogen-bond donors (Lipinski definition) is 2. The molecule has 0 aliphatic rings. The molecule has 3 N–H and O–H groups in total. The standard InChI is InChI=1S/C13H17F3N2O2/c1-8(2)7-9(17)12(19)18-10-5-3-4-6-11(10)20-13(14,15)16/h3-6,8-9H,7,17H2,1-2H3,(H,18,19)/t9-/m1/s1. The Labute approximate surface area is 115 Å². The first-order valence-corrected chi connectivity index (χ1v) is 6.10. The molecule has 0 fully saturated rings. The normalized spacial score (nSPS) is 13.2. The van der Waals surface area contributed by atoms with E-state index in [2.05, 4.69) is 10.1 Å². The molecule has 0 heterocycles. The first-order chi connectivity index (χ1) is 9.19. The van der Waals surface area contributed by atoms with Gasteiger partial charge in [-0.05, 0) is 24.5 Å². The summed E-state index contributed by atoms with van der Waals surface area (Å²) >= 11 is 0. The van der Waals surface area contributed by atoms with Crippen LogP contribution < -0.4 is 15.8 Å². The zero-order valence-corrected chi connectivity index (χ0v) is 11.2. The van der Waals surface area contributed by atoms with Crippen LogP contribution in [0.1, 0.15) is 20.3 Å². The van der Waals surface area contributed by atoms with Crippen molar-refractivity contribution in [2.75, 3.05) is 5.32 Å². The number of anilines is 1. The molecule has 0 radical (unpaired) electrons. The average molecular weight is 290 g/mol. The van der Waals surface area contributed by atoms with Gasteiger partial charge in [-0.2, -0.15) is 0 Å². The molecule has 0 aromatic heterocycles. The number of nitrogens with two attached hydrogens (primary N) is 1. The average Bonchev–Trinajstić information content (AvgIpc) is 2.28. The van der Waals surface area contributed by atoms with Crippen LogP contribution in [0.3, 0.4) is 0 Å². The predicted molar refractivity (Wildman–Crippen MR) is 69.2 cm³/mol. The largest absolute Gasteiger partial charge is 0.573 e. The fraction of sp³-hybridized carbons (Fsp3) is 0.462. The van der Waals surface area contributed by atoms with Gasteiger partial charge in [0, 0.05) is 0 Å². The third-order valence-corrected chi connectivity index (χ3v) is 2.43. The molecule has 0 aliphatic carbocycles. The Hall–Kier alpha value is -1.76. The van der Waals surface area contributed by atoms with Gasteiger partial charge < -0.3 is 15.8 Å². The highest BCUT2D eigenvalue weighted by molar-refractivity contribution is 5.95. The minimum absolute atomic E-state index is 0.0611. The third-order valence-electron chi connectivity index (χ3n) is 2.43. The lowest BCUT2D eigenvalue weighted by Crippen LogP contribution is -2.36. The molecular weight excluding hydrogens is 273 g/mol. The van der Waals surface area contributed by atoms with Crippen molar-refractivity contribution in [3.05, 3.63) is 24.3 Å². The molecule has 112 valence electrons. The van der Waals surface area contributed by atoms with Crippen molar-refractivity contribution >= 4 is 11.6 Å². The number of benzene rings is 1. The Morgan fingerprint density at radius 2 is 1.95 bits per heavy atom. The second-order valence-electron chi connectivity index (χ2n) is 4.77. The van der Waals surface area contributed by atoms with Crippen LogP contribution in [0.25, 0.3) is 0 Å². The van der Waals surface area contributed by atoms with Gasteiger partial charge in [-0.3, -0.25) is 4.79 Å². The molecule has 0 spiro atoms. The van der Waals surface area contributed by atoms with Crippen molar-refractivity contribution in [2.24, 2.45) is 11.7 Å². The summed E-state index contributed by atoms with van der Waals surface area (Å²) in [5.41, 5.74) is 5.61. The van der Waals surface area contributed by atoms with Gasteiger partial charge in [0.25, 0.3) is 0 Å². The number of para-hydroxylation sites is 2. The van der Waals surface area contributed by atoms with E-state index in [0.29, 0.717) is 6.42 Å². The molecule has 7 heteroatoms. The van der Waals surface area contributed by atoms with E-state index in [9.17, 15) is 18.0 Å². The SMILES string of the molecule is CC(C)C[C@@H](N)C(=O)Nc1ccccc1OC(F)(F)F. The molecule has 0 saturated carbocycles. The quantitative estimate of drug-likeness (QED) is 0.876. The number of carbonyl (C=O) groups excluding carboxylic acids is 1. The summed E-state index contributed by atoms with van der Waals surface area (Å²) in [6.07, 6.45) is -4.38. The summed E-state index contributed by atoms with van der Waals surface area (Å²) in [5.74, 6) is -0.806. The van der Waals surface area contributed by atoms with Crippen LogP contribution in [0.2, 0.25) is 0 Å². The van der Waals surface area contributed by atoms with E-state index < -0.39 is 24.1 Å². The van der Waals surface area contributed by atoms with Gasteiger partial charge in [-0.15, -0.1) is 13.2 Å². The van der Waals surface area contributed by atoms with E-state index in [1.165, 1.54) is 18.2 Å². The van der Waals surface area contributed by atoms with Crippen molar-refractivity contribution < 1.29 is 22.7 Å². The lowest BCUT2D eigenvalue weighted by molar-refractivity contribution is -0.274. The number of alkyl halides is 3.